The van der Waals surface area contributed by atoms with Crippen LogP contribution in [0.15, 0.2) is 77.8 Å². The van der Waals surface area contributed by atoms with Gasteiger partial charge in [-0.2, -0.15) is 0 Å². The zero-order valence-corrected chi connectivity index (χ0v) is 19.9. The van der Waals surface area contributed by atoms with Crippen LogP contribution in [0.3, 0.4) is 0 Å². The molecule has 1 aliphatic heterocycles. The Bertz CT molecular complexity index is 1170. The van der Waals surface area contributed by atoms with Crippen LogP contribution in [0.25, 0.3) is 0 Å². The van der Waals surface area contributed by atoms with Crippen LogP contribution in [0.1, 0.15) is 28.7 Å². The molecule has 5 nitrogen and oxygen atoms in total. The Hall–Kier alpha value is -3.38. The molecule has 0 spiro atoms. The third-order valence-electron chi connectivity index (χ3n) is 5.50. The number of para-hydroxylation sites is 1. The first-order valence-corrected chi connectivity index (χ1v) is 11.8. The number of aryl methyl sites for hydroxylation is 3. The maximum Gasteiger partial charge on any atom is 0.242 e. The topological polar surface area (TPSA) is 61.8 Å². The van der Waals surface area contributed by atoms with Gasteiger partial charge >= 0.3 is 0 Å². The Kier molecular flexibility index (Phi) is 6.94. The second-order valence-electron chi connectivity index (χ2n) is 8.27. The third-order valence-corrected chi connectivity index (χ3v) is 6.67. The fourth-order valence-electron chi connectivity index (χ4n) is 3.99. The maximum atomic E-state index is 13.3. The van der Waals surface area contributed by atoms with Crippen LogP contribution in [0, 0.1) is 20.8 Å². The summed E-state index contributed by atoms with van der Waals surface area (Å²) in [6.45, 7) is 6.43. The summed E-state index contributed by atoms with van der Waals surface area (Å²) in [6.07, 6.45) is 0.0926. The van der Waals surface area contributed by atoms with Crippen molar-refractivity contribution in [2.75, 3.05) is 5.32 Å². The number of benzene rings is 3. The molecule has 2 amide bonds. The molecule has 1 saturated heterocycles. The van der Waals surface area contributed by atoms with Crippen molar-refractivity contribution in [3.8, 4) is 0 Å². The molecule has 0 aliphatic carbocycles. The average molecular weight is 458 g/mol. The number of hydrogen-bond acceptors (Lipinski definition) is 4. The summed E-state index contributed by atoms with van der Waals surface area (Å²) in [5.41, 5.74) is 5.81. The first kappa shape index (κ1) is 22.8. The van der Waals surface area contributed by atoms with Crippen LogP contribution in [-0.4, -0.2) is 27.1 Å². The second-order valence-corrected chi connectivity index (χ2v) is 9.44. The normalized spacial score (nSPS) is 16.9. The molecule has 0 aromatic heterocycles. The highest BCUT2D eigenvalue weighted by Crippen LogP contribution is 2.33. The van der Waals surface area contributed by atoms with E-state index in [4.69, 9.17) is 4.99 Å². The average Bonchev–Trinajstić information content (AvgIpc) is 3.06. The largest absolute Gasteiger partial charge is 0.326 e. The van der Waals surface area contributed by atoms with E-state index in [2.05, 4.69) is 5.32 Å². The van der Waals surface area contributed by atoms with E-state index in [1.165, 1.54) is 11.8 Å². The summed E-state index contributed by atoms with van der Waals surface area (Å²) in [6, 6.07) is 23.5. The van der Waals surface area contributed by atoms with E-state index in [0.717, 1.165) is 33.6 Å². The number of carbonyl (C=O) groups excluding carboxylic acids is 2. The lowest BCUT2D eigenvalue weighted by atomic mass is 10.0. The van der Waals surface area contributed by atoms with E-state index in [9.17, 15) is 9.59 Å². The second kappa shape index (κ2) is 10.0. The highest BCUT2D eigenvalue weighted by Gasteiger charge is 2.39. The molecule has 168 valence electrons. The Balaban J connectivity index is 1.54. The SMILES string of the molecule is Cc1cc(C)c(NC(=O)C[C@@H]2SC(=Nc3ccccc3)N(Cc3ccccc3)C2=O)c(C)c1. The minimum atomic E-state index is -0.512. The minimum Gasteiger partial charge on any atom is -0.326 e. The molecule has 1 aliphatic rings. The molecule has 1 heterocycles. The smallest absolute Gasteiger partial charge is 0.242 e. The van der Waals surface area contributed by atoms with Crippen LogP contribution in [0.5, 0.6) is 0 Å². The van der Waals surface area contributed by atoms with Crippen molar-refractivity contribution in [2.24, 2.45) is 4.99 Å². The zero-order chi connectivity index (χ0) is 23.4. The predicted octanol–water partition coefficient (Wildman–Crippen LogP) is 5.77. The number of hydrogen-bond donors (Lipinski definition) is 1. The van der Waals surface area contributed by atoms with Gasteiger partial charge in [-0.05, 0) is 49.6 Å². The van der Waals surface area contributed by atoms with Gasteiger partial charge in [0.2, 0.25) is 11.8 Å². The number of anilines is 1. The summed E-state index contributed by atoms with van der Waals surface area (Å²) in [5, 5.41) is 3.13. The summed E-state index contributed by atoms with van der Waals surface area (Å²) < 4.78 is 0. The molecule has 0 radical (unpaired) electrons. The number of thioether (sulfide) groups is 1. The van der Waals surface area contributed by atoms with Crippen LogP contribution in [0.2, 0.25) is 0 Å². The molecule has 0 bridgehead atoms. The number of aliphatic imine (C=N–C) groups is 1. The molecule has 6 heteroatoms. The van der Waals surface area contributed by atoms with Gasteiger partial charge in [-0.25, -0.2) is 4.99 Å². The molecule has 3 aromatic carbocycles. The molecule has 1 N–H and O–H groups in total. The Morgan fingerprint density at radius 3 is 2.21 bits per heavy atom. The summed E-state index contributed by atoms with van der Waals surface area (Å²) in [4.78, 5) is 32.6. The van der Waals surface area contributed by atoms with E-state index < -0.39 is 5.25 Å². The fraction of sp³-hybridized carbons (Fsp3) is 0.222. The van der Waals surface area contributed by atoms with Crippen molar-refractivity contribution in [1.29, 1.82) is 0 Å². The van der Waals surface area contributed by atoms with Crippen LogP contribution in [0.4, 0.5) is 11.4 Å². The van der Waals surface area contributed by atoms with Gasteiger partial charge in [-0.15, -0.1) is 0 Å². The molecular formula is C27H27N3O2S. The summed E-state index contributed by atoms with van der Waals surface area (Å²) >= 11 is 1.36. The molecule has 33 heavy (non-hydrogen) atoms. The summed E-state index contributed by atoms with van der Waals surface area (Å²) in [7, 11) is 0. The van der Waals surface area contributed by atoms with E-state index in [1.54, 1.807) is 4.90 Å². The van der Waals surface area contributed by atoms with Crippen LogP contribution < -0.4 is 5.32 Å². The molecule has 3 aromatic rings. The number of rotatable bonds is 6. The predicted molar refractivity (Wildman–Crippen MR) is 136 cm³/mol. The van der Waals surface area contributed by atoms with Gasteiger partial charge in [0.15, 0.2) is 5.17 Å². The minimum absolute atomic E-state index is 0.0916. The first-order chi connectivity index (χ1) is 15.9. The van der Waals surface area contributed by atoms with Gasteiger partial charge in [0.1, 0.15) is 5.25 Å². The maximum absolute atomic E-state index is 13.3. The lowest BCUT2D eigenvalue weighted by molar-refractivity contribution is -0.128. The van der Waals surface area contributed by atoms with Crippen molar-refractivity contribution in [2.45, 2.75) is 39.0 Å². The number of amides is 2. The van der Waals surface area contributed by atoms with E-state index in [-0.39, 0.29) is 18.2 Å². The molecule has 4 rings (SSSR count). The van der Waals surface area contributed by atoms with Gasteiger partial charge < -0.3 is 5.32 Å². The number of carbonyl (C=O) groups is 2. The van der Waals surface area contributed by atoms with Gasteiger partial charge in [-0.1, -0.05) is 78.0 Å². The first-order valence-electron chi connectivity index (χ1n) is 10.9. The Morgan fingerprint density at radius 2 is 1.58 bits per heavy atom. The summed E-state index contributed by atoms with van der Waals surface area (Å²) in [5.74, 6) is -0.262. The van der Waals surface area contributed by atoms with Gasteiger partial charge in [-0.3, -0.25) is 14.5 Å². The van der Waals surface area contributed by atoms with Crippen LogP contribution >= 0.6 is 11.8 Å². The van der Waals surface area contributed by atoms with Crippen molar-refractivity contribution in [1.82, 2.24) is 4.90 Å². The van der Waals surface area contributed by atoms with Gasteiger partial charge in [0, 0.05) is 12.1 Å². The Labute approximate surface area is 198 Å². The third kappa shape index (κ3) is 5.52. The molecule has 1 fully saturated rings. The number of nitrogens with zero attached hydrogens (tertiary/aromatic N) is 2. The zero-order valence-electron chi connectivity index (χ0n) is 19.0. The Morgan fingerprint density at radius 1 is 0.970 bits per heavy atom. The molecule has 0 saturated carbocycles. The van der Waals surface area contributed by atoms with Crippen LogP contribution in [-0.2, 0) is 16.1 Å². The lowest BCUT2D eigenvalue weighted by Gasteiger charge is -2.17. The quantitative estimate of drug-likeness (QED) is 0.511. The molecular weight excluding hydrogens is 430 g/mol. The molecule has 1 atom stereocenters. The lowest BCUT2D eigenvalue weighted by Crippen LogP contribution is -2.33. The van der Waals surface area contributed by atoms with Gasteiger partial charge in [0.05, 0.1) is 12.2 Å². The van der Waals surface area contributed by atoms with E-state index in [0.29, 0.717) is 11.7 Å². The molecule has 0 unspecified atom stereocenters. The monoisotopic (exact) mass is 457 g/mol. The highest BCUT2D eigenvalue weighted by atomic mass is 32.2. The van der Waals surface area contributed by atoms with Crippen molar-refractivity contribution >= 4 is 40.1 Å². The highest BCUT2D eigenvalue weighted by molar-refractivity contribution is 8.15. The standard InChI is InChI=1S/C27H27N3O2S/c1-18-14-19(2)25(20(3)15-18)29-24(31)16-23-26(32)30(17-21-10-6-4-7-11-21)27(33-23)28-22-12-8-5-9-13-22/h4-15,23H,16-17H2,1-3H3,(H,29,31)/t23-/m0/s1. The van der Waals surface area contributed by atoms with Crippen molar-refractivity contribution < 1.29 is 9.59 Å². The van der Waals surface area contributed by atoms with E-state index in [1.807, 2.05) is 93.6 Å². The number of nitrogens with one attached hydrogen (secondary N) is 1. The van der Waals surface area contributed by atoms with Crippen molar-refractivity contribution in [3.63, 3.8) is 0 Å². The van der Waals surface area contributed by atoms with E-state index >= 15 is 0 Å². The van der Waals surface area contributed by atoms with Crippen molar-refractivity contribution in [3.05, 3.63) is 95.1 Å². The number of amidine groups is 1. The fourth-order valence-corrected chi connectivity index (χ4v) is 5.14. The van der Waals surface area contributed by atoms with Gasteiger partial charge in [0.25, 0.3) is 0 Å².